The number of fused-ring (bicyclic) bond motifs is 1. The van der Waals surface area contributed by atoms with E-state index in [-0.39, 0.29) is 0 Å². The largest absolute Gasteiger partial charge is 0.496 e. The van der Waals surface area contributed by atoms with E-state index in [1.54, 1.807) is 18.0 Å². The van der Waals surface area contributed by atoms with E-state index in [1.807, 2.05) is 66.7 Å². The molecule has 0 bridgehead atoms. The average molecular weight is 427 g/mol. The van der Waals surface area contributed by atoms with Crippen LogP contribution >= 0.6 is 12.2 Å². The summed E-state index contributed by atoms with van der Waals surface area (Å²) in [6, 6.07) is 23.9. The van der Waals surface area contributed by atoms with Crippen molar-refractivity contribution >= 4 is 29.2 Å². The lowest BCUT2D eigenvalue weighted by atomic mass is 10.0. The fourth-order valence-electron chi connectivity index (χ4n) is 3.47. The Morgan fingerprint density at radius 2 is 1.77 bits per heavy atom. The van der Waals surface area contributed by atoms with Gasteiger partial charge in [0.25, 0.3) is 0 Å². The van der Waals surface area contributed by atoms with Crippen LogP contribution in [-0.4, -0.2) is 38.4 Å². The van der Waals surface area contributed by atoms with Gasteiger partial charge in [0.05, 0.1) is 19.0 Å². The van der Waals surface area contributed by atoms with Crippen LogP contribution in [0, 0.1) is 4.77 Å². The molecule has 5 aromatic rings. The lowest BCUT2D eigenvalue weighted by molar-refractivity contribution is 0.415. The Balaban J connectivity index is 1.57. The number of benzene rings is 3. The zero-order valence-electron chi connectivity index (χ0n) is 16.6. The van der Waals surface area contributed by atoms with Gasteiger partial charge in [-0.1, -0.05) is 60.7 Å². The third kappa shape index (κ3) is 3.53. The zero-order chi connectivity index (χ0) is 21.2. The Kier molecular flexibility index (Phi) is 4.89. The van der Waals surface area contributed by atoms with Gasteiger partial charge in [-0.25, -0.2) is 5.10 Å². The molecule has 0 radical (unpaired) electrons. The first-order chi connectivity index (χ1) is 15.2. The molecule has 7 nitrogen and oxygen atoms in total. The number of methoxy groups -OCH3 is 1. The number of rotatable bonds is 5. The van der Waals surface area contributed by atoms with Crippen LogP contribution in [0.25, 0.3) is 33.5 Å². The Hall–Kier alpha value is -4.04. The molecule has 2 heterocycles. The predicted molar refractivity (Wildman–Crippen MR) is 124 cm³/mol. The van der Waals surface area contributed by atoms with Crippen molar-refractivity contribution in [2.24, 2.45) is 5.10 Å². The van der Waals surface area contributed by atoms with E-state index in [0.717, 1.165) is 33.3 Å². The maximum absolute atomic E-state index is 5.55. The monoisotopic (exact) mass is 426 g/mol. The molecule has 0 unspecified atom stereocenters. The smallest absolute Gasteiger partial charge is 0.216 e. The number of nitrogens with one attached hydrogen (secondary N) is 2. The maximum atomic E-state index is 5.55. The first kappa shape index (κ1) is 19.0. The van der Waals surface area contributed by atoms with Crippen LogP contribution in [0.5, 0.6) is 5.75 Å². The van der Waals surface area contributed by atoms with Crippen LogP contribution < -0.4 is 4.74 Å². The predicted octanol–water partition coefficient (Wildman–Crippen LogP) is 5.04. The first-order valence-electron chi connectivity index (χ1n) is 9.63. The number of hydrogen-bond donors (Lipinski definition) is 2. The minimum atomic E-state index is 0.376. The van der Waals surface area contributed by atoms with Gasteiger partial charge in [-0.05, 0) is 35.1 Å². The number of H-pyrrole nitrogens is 2. The van der Waals surface area contributed by atoms with Crippen LogP contribution in [-0.2, 0) is 0 Å². The van der Waals surface area contributed by atoms with Gasteiger partial charge < -0.3 is 4.74 Å². The third-order valence-corrected chi connectivity index (χ3v) is 5.26. The molecule has 0 amide bonds. The molecule has 0 fully saturated rings. The van der Waals surface area contributed by atoms with E-state index in [1.165, 1.54) is 0 Å². The highest BCUT2D eigenvalue weighted by Crippen LogP contribution is 2.27. The molecule has 0 spiro atoms. The van der Waals surface area contributed by atoms with Crippen molar-refractivity contribution < 1.29 is 4.74 Å². The van der Waals surface area contributed by atoms with E-state index in [9.17, 15) is 0 Å². The maximum Gasteiger partial charge on any atom is 0.216 e. The molecule has 5 rings (SSSR count). The fraction of sp³-hybridized carbons (Fsp3) is 0.0435. The number of aromatic nitrogens is 5. The summed E-state index contributed by atoms with van der Waals surface area (Å²) in [5.41, 5.74) is 3.39. The topological polar surface area (TPSA) is 83.9 Å². The number of aromatic amines is 2. The molecule has 2 aromatic heterocycles. The van der Waals surface area contributed by atoms with E-state index in [2.05, 4.69) is 31.6 Å². The van der Waals surface area contributed by atoms with Crippen molar-refractivity contribution in [1.82, 2.24) is 25.1 Å². The second-order valence-electron chi connectivity index (χ2n) is 6.84. The molecule has 31 heavy (non-hydrogen) atoms. The van der Waals surface area contributed by atoms with Gasteiger partial charge in [0.15, 0.2) is 0 Å². The molecule has 0 saturated carbocycles. The summed E-state index contributed by atoms with van der Waals surface area (Å²) in [4.78, 5) is 0. The minimum Gasteiger partial charge on any atom is -0.496 e. The molecular weight excluding hydrogens is 408 g/mol. The van der Waals surface area contributed by atoms with Gasteiger partial charge in [0.2, 0.25) is 10.6 Å². The van der Waals surface area contributed by atoms with Gasteiger partial charge in [-0.2, -0.15) is 20.0 Å². The number of hydrogen-bond acceptors (Lipinski definition) is 5. The molecule has 0 aliphatic rings. The average Bonchev–Trinajstić information content (AvgIpc) is 3.45. The van der Waals surface area contributed by atoms with E-state index in [4.69, 9.17) is 17.0 Å². The van der Waals surface area contributed by atoms with Crippen molar-refractivity contribution in [2.45, 2.75) is 0 Å². The first-order valence-corrected chi connectivity index (χ1v) is 10.0. The molecule has 2 N–H and O–H groups in total. The molecular formula is C23H18N6OS. The molecule has 0 aliphatic carbocycles. The highest BCUT2D eigenvalue weighted by atomic mass is 32.1. The summed E-state index contributed by atoms with van der Waals surface area (Å²) >= 11 is 5.41. The molecule has 3 aromatic carbocycles. The Morgan fingerprint density at radius 1 is 0.968 bits per heavy atom. The van der Waals surface area contributed by atoms with Crippen LogP contribution in [0.15, 0.2) is 77.9 Å². The summed E-state index contributed by atoms with van der Waals surface area (Å²) in [5.74, 6) is 1.27. The summed E-state index contributed by atoms with van der Waals surface area (Å²) in [7, 11) is 1.64. The van der Waals surface area contributed by atoms with Crippen molar-refractivity contribution in [2.75, 3.05) is 7.11 Å². The summed E-state index contributed by atoms with van der Waals surface area (Å²) in [6.45, 7) is 0. The summed E-state index contributed by atoms with van der Waals surface area (Å²) in [5, 5.41) is 21.3. The van der Waals surface area contributed by atoms with Gasteiger partial charge in [-0.15, -0.1) is 0 Å². The lowest BCUT2D eigenvalue weighted by Gasteiger charge is -2.08. The van der Waals surface area contributed by atoms with E-state index < -0.39 is 0 Å². The second-order valence-corrected chi connectivity index (χ2v) is 7.23. The van der Waals surface area contributed by atoms with Crippen LogP contribution in [0.1, 0.15) is 5.56 Å². The Bertz CT molecular complexity index is 1450. The highest BCUT2D eigenvalue weighted by molar-refractivity contribution is 7.71. The SMILES string of the molecule is COc1ccc2ccccc2c1/C=N\n1c(-c2cc(-c3ccccc3)n[nH]2)n[nH]c1=S. The minimum absolute atomic E-state index is 0.376. The molecule has 8 heteroatoms. The summed E-state index contributed by atoms with van der Waals surface area (Å²) in [6.07, 6.45) is 1.74. The van der Waals surface area contributed by atoms with Gasteiger partial charge in [0, 0.05) is 11.1 Å². The van der Waals surface area contributed by atoms with Crippen molar-refractivity contribution in [3.63, 3.8) is 0 Å². The third-order valence-electron chi connectivity index (χ3n) is 4.99. The molecule has 152 valence electrons. The molecule has 0 atom stereocenters. The second kappa shape index (κ2) is 8.00. The quantitative estimate of drug-likeness (QED) is 0.305. The van der Waals surface area contributed by atoms with Crippen LogP contribution in [0.2, 0.25) is 0 Å². The highest BCUT2D eigenvalue weighted by Gasteiger charge is 2.13. The van der Waals surface area contributed by atoms with Crippen LogP contribution in [0.3, 0.4) is 0 Å². The van der Waals surface area contributed by atoms with Crippen molar-refractivity contribution in [3.8, 4) is 28.5 Å². The van der Waals surface area contributed by atoms with Gasteiger partial charge in [-0.3, -0.25) is 5.10 Å². The van der Waals surface area contributed by atoms with Crippen molar-refractivity contribution in [1.29, 1.82) is 0 Å². The number of nitrogens with zero attached hydrogens (tertiary/aromatic N) is 4. The van der Waals surface area contributed by atoms with Gasteiger partial charge >= 0.3 is 0 Å². The fourth-order valence-corrected chi connectivity index (χ4v) is 3.65. The number of ether oxygens (including phenoxy) is 1. The Labute approximate surface area is 183 Å². The van der Waals surface area contributed by atoms with Crippen LogP contribution in [0.4, 0.5) is 0 Å². The van der Waals surface area contributed by atoms with Gasteiger partial charge in [0.1, 0.15) is 11.4 Å². The van der Waals surface area contributed by atoms with E-state index >= 15 is 0 Å². The Morgan fingerprint density at radius 3 is 2.61 bits per heavy atom. The lowest BCUT2D eigenvalue weighted by Crippen LogP contribution is -1.98. The summed E-state index contributed by atoms with van der Waals surface area (Å²) < 4.78 is 7.50. The molecule has 0 saturated heterocycles. The van der Waals surface area contributed by atoms with Crippen molar-refractivity contribution in [3.05, 3.63) is 83.1 Å². The standard InChI is InChI=1S/C23H18N6OS/c1-30-21-12-11-15-7-5-6-10-17(15)18(21)14-24-29-22(27-28-23(29)31)20-13-19(25-26-20)16-8-3-2-4-9-16/h2-14H,1H3,(H,25,26)(H,28,31)/b24-14-. The normalized spacial score (nSPS) is 11.4. The van der Waals surface area contributed by atoms with E-state index in [0.29, 0.717) is 16.3 Å². The zero-order valence-corrected chi connectivity index (χ0v) is 17.4. The molecule has 0 aliphatic heterocycles.